The number of fused-ring (bicyclic) bond motifs is 1. The van der Waals surface area contributed by atoms with Crippen LogP contribution in [0.2, 0.25) is 0 Å². The lowest BCUT2D eigenvalue weighted by Crippen LogP contribution is -2.30. The van der Waals surface area contributed by atoms with Gasteiger partial charge in [0.05, 0.1) is 23.1 Å². The first-order valence-corrected chi connectivity index (χ1v) is 10.2. The van der Waals surface area contributed by atoms with Gasteiger partial charge in [0.2, 0.25) is 11.8 Å². The van der Waals surface area contributed by atoms with Gasteiger partial charge in [0.15, 0.2) is 0 Å². The average Bonchev–Trinajstić information content (AvgIpc) is 2.92. The fraction of sp³-hybridized carbons (Fsp3) is 0.318. The molecule has 0 bridgehead atoms. The Bertz CT molecular complexity index is 940. The molecule has 0 aromatic heterocycles. The van der Waals surface area contributed by atoms with Gasteiger partial charge in [0.25, 0.3) is 0 Å². The number of rotatable bonds is 3. The van der Waals surface area contributed by atoms with E-state index in [0.717, 1.165) is 23.7 Å². The zero-order valence-corrected chi connectivity index (χ0v) is 17.0. The van der Waals surface area contributed by atoms with E-state index in [1.165, 1.54) is 4.90 Å². The van der Waals surface area contributed by atoms with Gasteiger partial charge in [-0.15, -0.1) is 0 Å². The van der Waals surface area contributed by atoms with Crippen molar-refractivity contribution in [1.82, 2.24) is 0 Å². The molecule has 0 radical (unpaired) electrons. The molecule has 1 aliphatic carbocycles. The Kier molecular flexibility index (Phi) is 5.06. The van der Waals surface area contributed by atoms with Crippen molar-refractivity contribution in [1.29, 1.82) is 0 Å². The van der Waals surface area contributed by atoms with Gasteiger partial charge in [-0.3, -0.25) is 9.59 Å². The van der Waals surface area contributed by atoms with Crippen LogP contribution in [0.5, 0.6) is 5.75 Å². The average molecular weight is 442 g/mol. The van der Waals surface area contributed by atoms with Gasteiger partial charge in [-0.05, 0) is 61.6 Å². The number of ether oxygens (including phenoxy) is 1. The third kappa shape index (κ3) is 3.49. The summed E-state index contributed by atoms with van der Waals surface area (Å²) in [5.74, 6) is -0.476. The highest BCUT2D eigenvalue weighted by Gasteiger charge is 2.50. The minimum absolute atomic E-state index is 0.140. The summed E-state index contributed by atoms with van der Waals surface area (Å²) in [5, 5.41) is 0. The highest BCUT2D eigenvalue weighted by Crippen LogP contribution is 2.42. The zero-order chi connectivity index (χ0) is 19.8. The summed E-state index contributed by atoms with van der Waals surface area (Å²) >= 11 is 3.33. The van der Waals surface area contributed by atoms with E-state index in [-0.39, 0.29) is 23.7 Å². The highest BCUT2D eigenvalue weighted by atomic mass is 79.9. The summed E-state index contributed by atoms with van der Waals surface area (Å²) in [6.45, 7) is 2.12. The number of nitrogens with zero attached hydrogens (tertiary/aromatic N) is 1. The van der Waals surface area contributed by atoms with E-state index in [0.29, 0.717) is 22.9 Å². The molecule has 2 aromatic rings. The van der Waals surface area contributed by atoms with E-state index in [1.54, 1.807) is 48.5 Å². The number of anilines is 1. The number of halogens is 1. The lowest BCUT2D eigenvalue weighted by molar-refractivity contribution is -0.122. The van der Waals surface area contributed by atoms with E-state index < -0.39 is 5.97 Å². The molecule has 1 saturated heterocycles. The molecule has 0 N–H and O–H groups in total. The predicted molar refractivity (Wildman–Crippen MR) is 108 cm³/mol. The Balaban J connectivity index is 1.55. The molecule has 4 rings (SSSR count). The summed E-state index contributed by atoms with van der Waals surface area (Å²) in [6.07, 6.45) is 2.48. The van der Waals surface area contributed by atoms with Crippen LogP contribution < -0.4 is 9.64 Å². The highest BCUT2D eigenvalue weighted by molar-refractivity contribution is 9.10. The van der Waals surface area contributed by atoms with Crippen LogP contribution in [0.15, 0.2) is 53.0 Å². The summed E-state index contributed by atoms with van der Waals surface area (Å²) < 4.78 is 6.31. The van der Waals surface area contributed by atoms with Crippen LogP contribution in [0.3, 0.4) is 0 Å². The van der Waals surface area contributed by atoms with Crippen molar-refractivity contribution in [2.75, 3.05) is 4.90 Å². The third-order valence-corrected chi connectivity index (χ3v) is 6.08. The normalized spacial score (nSPS) is 24.2. The molecule has 2 fully saturated rings. The first kappa shape index (κ1) is 18.9. The van der Waals surface area contributed by atoms with Crippen LogP contribution in [0.1, 0.15) is 36.5 Å². The maximum absolute atomic E-state index is 12.9. The van der Waals surface area contributed by atoms with Gasteiger partial charge in [0.1, 0.15) is 5.75 Å². The van der Waals surface area contributed by atoms with Crippen LogP contribution in [0.25, 0.3) is 0 Å². The van der Waals surface area contributed by atoms with Gasteiger partial charge < -0.3 is 4.74 Å². The van der Waals surface area contributed by atoms with Crippen LogP contribution >= 0.6 is 15.9 Å². The summed E-state index contributed by atoms with van der Waals surface area (Å²) in [7, 11) is 0. The maximum Gasteiger partial charge on any atom is 0.343 e. The van der Waals surface area contributed by atoms with Crippen molar-refractivity contribution in [3.8, 4) is 5.75 Å². The first-order valence-electron chi connectivity index (χ1n) is 9.39. The van der Waals surface area contributed by atoms with Crippen molar-refractivity contribution in [2.24, 2.45) is 17.8 Å². The largest absolute Gasteiger partial charge is 0.423 e. The standard InChI is InChI=1S/C22H20BrNO4/c1-13-5-10-18-19(11-13)21(26)24(20(18)25)16-3-2-4-17(12-16)28-22(27)14-6-8-15(23)9-7-14/h2-4,6-9,12-13,18-19H,5,10-11H2,1H3/t13-,18+,19-/m1/s1. The van der Waals surface area contributed by atoms with Crippen LogP contribution in [0, 0.1) is 17.8 Å². The van der Waals surface area contributed by atoms with E-state index in [4.69, 9.17) is 4.74 Å². The van der Waals surface area contributed by atoms with Gasteiger partial charge in [-0.1, -0.05) is 28.9 Å². The molecule has 28 heavy (non-hydrogen) atoms. The molecular weight excluding hydrogens is 422 g/mol. The van der Waals surface area contributed by atoms with Crippen molar-refractivity contribution >= 4 is 39.4 Å². The Morgan fingerprint density at radius 3 is 2.50 bits per heavy atom. The molecular formula is C22H20BrNO4. The number of carbonyl (C=O) groups is 3. The third-order valence-electron chi connectivity index (χ3n) is 5.55. The molecule has 1 heterocycles. The van der Waals surface area contributed by atoms with Gasteiger partial charge in [0, 0.05) is 10.5 Å². The number of benzene rings is 2. The number of carbonyl (C=O) groups excluding carboxylic acids is 3. The molecule has 2 aromatic carbocycles. The second-order valence-electron chi connectivity index (χ2n) is 7.54. The Hall–Kier alpha value is -2.47. The molecule has 3 atom stereocenters. The lowest BCUT2D eigenvalue weighted by Gasteiger charge is -2.25. The Morgan fingerprint density at radius 1 is 1.04 bits per heavy atom. The number of amides is 2. The van der Waals surface area contributed by atoms with Crippen molar-refractivity contribution < 1.29 is 19.1 Å². The van der Waals surface area contributed by atoms with Crippen molar-refractivity contribution in [3.05, 3.63) is 58.6 Å². The Morgan fingerprint density at radius 2 is 1.75 bits per heavy atom. The fourth-order valence-corrected chi connectivity index (χ4v) is 4.35. The molecule has 5 nitrogen and oxygen atoms in total. The van der Waals surface area contributed by atoms with E-state index in [1.807, 2.05) is 0 Å². The maximum atomic E-state index is 12.9. The molecule has 2 aliphatic rings. The molecule has 1 saturated carbocycles. The van der Waals surface area contributed by atoms with E-state index >= 15 is 0 Å². The molecule has 6 heteroatoms. The predicted octanol–water partition coefficient (Wildman–Crippen LogP) is 4.59. The summed E-state index contributed by atoms with van der Waals surface area (Å²) in [5.41, 5.74) is 0.875. The van der Waals surface area contributed by atoms with Gasteiger partial charge in [-0.2, -0.15) is 0 Å². The summed E-state index contributed by atoms with van der Waals surface area (Å²) in [6, 6.07) is 13.5. The number of imide groups is 1. The topological polar surface area (TPSA) is 63.7 Å². The van der Waals surface area contributed by atoms with Gasteiger partial charge in [-0.25, -0.2) is 9.69 Å². The van der Waals surface area contributed by atoms with E-state index in [9.17, 15) is 14.4 Å². The molecule has 144 valence electrons. The molecule has 0 spiro atoms. The van der Waals surface area contributed by atoms with Crippen LogP contribution in [-0.4, -0.2) is 17.8 Å². The number of esters is 1. The second-order valence-corrected chi connectivity index (χ2v) is 8.45. The van der Waals surface area contributed by atoms with Crippen LogP contribution in [-0.2, 0) is 9.59 Å². The molecule has 1 aliphatic heterocycles. The number of hydrogen-bond donors (Lipinski definition) is 0. The Labute approximate surface area is 171 Å². The fourth-order valence-electron chi connectivity index (χ4n) is 4.08. The minimum Gasteiger partial charge on any atom is -0.423 e. The lowest BCUT2D eigenvalue weighted by atomic mass is 9.76. The minimum atomic E-state index is -0.494. The second kappa shape index (κ2) is 7.51. The monoisotopic (exact) mass is 441 g/mol. The summed E-state index contributed by atoms with van der Waals surface area (Å²) in [4.78, 5) is 39.3. The van der Waals surface area contributed by atoms with Crippen LogP contribution in [0.4, 0.5) is 5.69 Å². The van der Waals surface area contributed by atoms with Crippen molar-refractivity contribution in [2.45, 2.75) is 26.2 Å². The van der Waals surface area contributed by atoms with Gasteiger partial charge >= 0.3 is 5.97 Å². The van der Waals surface area contributed by atoms with E-state index in [2.05, 4.69) is 22.9 Å². The molecule has 2 amide bonds. The van der Waals surface area contributed by atoms with Crippen molar-refractivity contribution in [3.63, 3.8) is 0 Å². The first-order chi connectivity index (χ1) is 13.4. The number of hydrogen-bond acceptors (Lipinski definition) is 4. The SMILES string of the molecule is C[C@@H]1CC[C@@H]2C(=O)N(c3cccc(OC(=O)c4ccc(Br)cc4)c3)C(=O)[C@@H]2C1. The smallest absolute Gasteiger partial charge is 0.343 e. The molecule has 0 unspecified atom stereocenters. The zero-order valence-electron chi connectivity index (χ0n) is 15.4. The quantitative estimate of drug-likeness (QED) is 0.396.